The first-order valence-corrected chi connectivity index (χ1v) is 10.1. The molecule has 3 aromatic rings. The standard InChI is InChI=1S/C24H21F3N2O3/c1-29(14-18-8-4-5-9-21(18)32-24(25,26)27)23(31)19-12-16-6-2-3-7-17(16)13-20(19)28-22(30)15-10-11-15/h2-9,12-13,15H,10-11,14H2,1H3,(H,28,30). The summed E-state index contributed by atoms with van der Waals surface area (Å²) in [6.45, 7) is -0.103. The van der Waals surface area contributed by atoms with Crippen molar-refractivity contribution < 1.29 is 27.5 Å². The van der Waals surface area contributed by atoms with Crippen LogP contribution in [0.4, 0.5) is 18.9 Å². The lowest BCUT2D eigenvalue weighted by Gasteiger charge is -2.22. The Morgan fingerprint density at radius 1 is 1.03 bits per heavy atom. The zero-order valence-corrected chi connectivity index (χ0v) is 17.3. The number of anilines is 1. The number of carbonyl (C=O) groups excluding carboxylic acids is 2. The molecule has 1 N–H and O–H groups in total. The third-order valence-corrected chi connectivity index (χ3v) is 5.27. The first-order chi connectivity index (χ1) is 15.2. The van der Waals surface area contributed by atoms with Crippen LogP contribution >= 0.6 is 0 Å². The predicted molar refractivity (Wildman–Crippen MR) is 114 cm³/mol. The molecule has 3 aromatic carbocycles. The number of rotatable bonds is 6. The van der Waals surface area contributed by atoms with Gasteiger partial charge in [0.05, 0.1) is 11.3 Å². The van der Waals surface area contributed by atoms with Gasteiger partial charge in [-0.2, -0.15) is 0 Å². The number of hydrogen-bond acceptors (Lipinski definition) is 3. The van der Waals surface area contributed by atoms with Gasteiger partial charge in [-0.05, 0) is 41.8 Å². The van der Waals surface area contributed by atoms with E-state index >= 15 is 0 Å². The van der Waals surface area contributed by atoms with Gasteiger partial charge in [-0.15, -0.1) is 13.2 Å². The Labute approximate surface area is 182 Å². The van der Waals surface area contributed by atoms with Crippen molar-refractivity contribution in [3.63, 3.8) is 0 Å². The Bertz CT molecular complexity index is 1170. The molecule has 0 atom stereocenters. The Hall–Kier alpha value is -3.55. The molecular formula is C24H21F3N2O3. The number of alkyl halides is 3. The second-order valence-corrected chi connectivity index (χ2v) is 7.83. The molecule has 1 aliphatic carbocycles. The number of nitrogens with zero attached hydrogens (tertiary/aromatic N) is 1. The molecule has 2 amide bonds. The smallest absolute Gasteiger partial charge is 0.405 e. The summed E-state index contributed by atoms with van der Waals surface area (Å²) in [5.41, 5.74) is 0.872. The van der Waals surface area contributed by atoms with Gasteiger partial charge in [-0.1, -0.05) is 42.5 Å². The zero-order chi connectivity index (χ0) is 22.9. The molecule has 0 aromatic heterocycles. The number of nitrogens with one attached hydrogen (secondary N) is 1. The Kier molecular flexibility index (Phi) is 5.78. The minimum absolute atomic E-state index is 0.0476. The van der Waals surface area contributed by atoms with Gasteiger partial charge in [0.25, 0.3) is 5.91 Å². The molecule has 1 fully saturated rings. The fourth-order valence-corrected chi connectivity index (χ4v) is 3.49. The lowest BCUT2D eigenvalue weighted by atomic mass is 10.0. The van der Waals surface area contributed by atoms with Crippen molar-refractivity contribution in [1.29, 1.82) is 0 Å². The van der Waals surface area contributed by atoms with Gasteiger partial charge in [-0.25, -0.2) is 0 Å². The third-order valence-electron chi connectivity index (χ3n) is 5.27. The van der Waals surface area contributed by atoms with Crippen LogP contribution in [0.25, 0.3) is 10.8 Å². The van der Waals surface area contributed by atoms with Crippen molar-refractivity contribution in [1.82, 2.24) is 4.90 Å². The summed E-state index contributed by atoms with van der Waals surface area (Å²) in [6, 6.07) is 16.6. The average molecular weight is 442 g/mol. The van der Waals surface area contributed by atoms with Crippen LogP contribution in [-0.4, -0.2) is 30.1 Å². The van der Waals surface area contributed by atoms with Gasteiger partial charge in [-0.3, -0.25) is 9.59 Å². The van der Waals surface area contributed by atoms with E-state index in [1.54, 1.807) is 18.2 Å². The van der Waals surface area contributed by atoms with E-state index < -0.39 is 12.3 Å². The van der Waals surface area contributed by atoms with Crippen molar-refractivity contribution >= 4 is 28.3 Å². The number of para-hydroxylation sites is 1. The van der Waals surface area contributed by atoms with E-state index in [1.165, 1.54) is 30.1 Å². The fraction of sp³-hybridized carbons (Fsp3) is 0.250. The summed E-state index contributed by atoms with van der Waals surface area (Å²) >= 11 is 0. The summed E-state index contributed by atoms with van der Waals surface area (Å²) in [5.74, 6) is -0.974. The number of hydrogen-bond donors (Lipinski definition) is 1. The second-order valence-electron chi connectivity index (χ2n) is 7.83. The van der Waals surface area contributed by atoms with Gasteiger partial charge in [0.1, 0.15) is 5.75 Å². The average Bonchev–Trinajstić information content (AvgIpc) is 3.58. The minimum Gasteiger partial charge on any atom is -0.405 e. The number of amides is 2. The number of halogens is 3. The SMILES string of the molecule is CN(Cc1ccccc1OC(F)(F)F)C(=O)c1cc2ccccc2cc1NC(=O)C1CC1. The topological polar surface area (TPSA) is 58.6 Å². The summed E-state index contributed by atoms with van der Waals surface area (Å²) in [5, 5.41) is 4.52. The zero-order valence-electron chi connectivity index (χ0n) is 17.3. The van der Waals surface area contributed by atoms with Gasteiger partial charge >= 0.3 is 6.36 Å². The summed E-state index contributed by atoms with van der Waals surface area (Å²) in [7, 11) is 1.49. The molecule has 0 aliphatic heterocycles. The van der Waals surface area contributed by atoms with Crippen LogP contribution in [0.1, 0.15) is 28.8 Å². The van der Waals surface area contributed by atoms with Crippen LogP contribution in [-0.2, 0) is 11.3 Å². The maximum absolute atomic E-state index is 13.3. The monoisotopic (exact) mass is 442 g/mol. The van der Waals surface area contributed by atoms with Gasteiger partial charge in [0.2, 0.25) is 5.91 Å². The van der Waals surface area contributed by atoms with E-state index in [0.29, 0.717) is 5.69 Å². The lowest BCUT2D eigenvalue weighted by molar-refractivity contribution is -0.275. The number of ether oxygens (including phenoxy) is 1. The first kappa shape index (κ1) is 21.7. The summed E-state index contributed by atoms with van der Waals surface area (Å²) in [6.07, 6.45) is -3.20. The van der Waals surface area contributed by atoms with Crippen molar-refractivity contribution in [2.24, 2.45) is 5.92 Å². The fourth-order valence-electron chi connectivity index (χ4n) is 3.49. The number of benzene rings is 3. The van der Waals surface area contributed by atoms with Gasteiger partial charge in [0.15, 0.2) is 0 Å². The third kappa shape index (κ3) is 5.01. The molecule has 1 saturated carbocycles. The summed E-state index contributed by atoms with van der Waals surface area (Å²) < 4.78 is 42.3. The molecule has 32 heavy (non-hydrogen) atoms. The summed E-state index contributed by atoms with van der Waals surface area (Å²) in [4.78, 5) is 27.0. The van der Waals surface area contributed by atoms with Gasteiger partial charge in [0, 0.05) is 25.1 Å². The van der Waals surface area contributed by atoms with Crippen LogP contribution < -0.4 is 10.1 Å². The molecule has 8 heteroatoms. The highest BCUT2D eigenvalue weighted by atomic mass is 19.4. The Balaban J connectivity index is 1.63. The van der Waals surface area contributed by atoms with Gasteiger partial charge < -0.3 is 15.0 Å². The quantitative estimate of drug-likeness (QED) is 0.559. The molecular weight excluding hydrogens is 421 g/mol. The number of carbonyl (C=O) groups is 2. The van der Waals surface area contributed by atoms with Crippen molar-refractivity contribution in [2.45, 2.75) is 25.7 Å². The van der Waals surface area contributed by atoms with E-state index in [9.17, 15) is 22.8 Å². The normalized spacial score (nSPS) is 13.6. The Morgan fingerprint density at radius 3 is 2.31 bits per heavy atom. The predicted octanol–water partition coefficient (Wildman–Crippen LogP) is 5.36. The van der Waals surface area contributed by atoms with E-state index in [2.05, 4.69) is 10.1 Å². The molecule has 0 spiro atoms. The maximum Gasteiger partial charge on any atom is 0.573 e. The molecule has 0 radical (unpaired) electrons. The number of fused-ring (bicyclic) bond motifs is 1. The van der Waals surface area contributed by atoms with E-state index in [1.807, 2.05) is 24.3 Å². The molecule has 1 aliphatic rings. The highest BCUT2D eigenvalue weighted by molar-refractivity contribution is 6.08. The molecule has 166 valence electrons. The van der Waals surface area contributed by atoms with Crippen LogP contribution in [0.2, 0.25) is 0 Å². The van der Waals surface area contributed by atoms with E-state index in [-0.39, 0.29) is 35.2 Å². The molecule has 5 nitrogen and oxygen atoms in total. The molecule has 0 bridgehead atoms. The highest BCUT2D eigenvalue weighted by Gasteiger charge is 2.33. The van der Waals surface area contributed by atoms with Crippen LogP contribution in [0, 0.1) is 5.92 Å². The minimum atomic E-state index is -4.84. The van der Waals surface area contributed by atoms with E-state index in [4.69, 9.17) is 0 Å². The highest BCUT2D eigenvalue weighted by Crippen LogP contribution is 2.33. The molecule has 0 heterocycles. The van der Waals surface area contributed by atoms with Crippen molar-refractivity contribution in [2.75, 3.05) is 12.4 Å². The molecule has 4 rings (SSSR count). The van der Waals surface area contributed by atoms with Crippen molar-refractivity contribution in [3.05, 3.63) is 71.8 Å². The molecule has 0 unspecified atom stereocenters. The Morgan fingerprint density at radius 2 is 1.66 bits per heavy atom. The van der Waals surface area contributed by atoms with Crippen LogP contribution in [0.5, 0.6) is 5.75 Å². The van der Waals surface area contributed by atoms with E-state index in [0.717, 1.165) is 23.6 Å². The largest absolute Gasteiger partial charge is 0.573 e. The maximum atomic E-state index is 13.3. The van der Waals surface area contributed by atoms with Crippen LogP contribution in [0.15, 0.2) is 60.7 Å². The second kappa shape index (κ2) is 8.53. The van der Waals surface area contributed by atoms with Crippen molar-refractivity contribution in [3.8, 4) is 5.75 Å². The lowest BCUT2D eigenvalue weighted by Crippen LogP contribution is -2.28. The molecule has 0 saturated heterocycles. The first-order valence-electron chi connectivity index (χ1n) is 10.1. The van der Waals surface area contributed by atoms with Crippen LogP contribution in [0.3, 0.4) is 0 Å².